The van der Waals surface area contributed by atoms with E-state index in [4.69, 9.17) is 32.7 Å². The molecule has 0 N–H and O–H groups in total. The highest BCUT2D eigenvalue weighted by Gasteiger charge is 2.12. The molecular formula is C19H21Cl2NO3. The molecule has 0 radical (unpaired) electrons. The van der Waals surface area contributed by atoms with Crippen molar-refractivity contribution in [2.75, 3.05) is 21.3 Å². The van der Waals surface area contributed by atoms with Gasteiger partial charge in [-0.2, -0.15) is 0 Å². The van der Waals surface area contributed by atoms with E-state index in [1.54, 1.807) is 38.3 Å². The average molecular weight is 382 g/mol. The van der Waals surface area contributed by atoms with Crippen LogP contribution in [0.25, 0.3) is 0 Å². The first-order chi connectivity index (χ1) is 11.9. The largest absolute Gasteiger partial charge is 0.493 e. The van der Waals surface area contributed by atoms with E-state index in [2.05, 4.69) is 0 Å². The Bertz CT molecular complexity index is 749. The Morgan fingerprint density at radius 1 is 0.960 bits per heavy atom. The number of carbonyl (C=O) groups excluding carboxylic acids is 1. The number of hydrogen-bond acceptors (Lipinski definition) is 3. The Kier molecular flexibility index (Phi) is 6.97. The molecule has 0 saturated carbocycles. The van der Waals surface area contributed by atoms with E-state index >= 15 is 0 Å². The van der Waals surface area contributed by atoms with E-state index in [1.165, 1.54) is 0 Å². The maximum atomic E-state index is 12.4. The maximum Gasteiger partial charge on any atom is 0.222 e. The predicted molar refractivity (Wildman–Crippen MR) is 101 cm³/mol. The Labute approximate surface area is 158 Å². The number of ether oxygens (including phenoxy) is 2. The molecule has 25 heavy (non-hydrogen) atoms. The first-order valence-electron chi connectivity index (χ1n) is 7.83. The zero-order chi connectivity index (χ0) is 18.4. The summed E-state index contributed by atoms with van der Waals surface area (Å²) in [4.78, 5) is 14.1. The van der Waals surface area contributed by atoms with Crippen LogP contribution in [0.5, 0.6) is 11.5 Å². The van der Waals surface area contributed by atoms with Crippen LogP contribution in [0, 0.1) is 0 Å². The Balaban J connectivity index is 1.94. The van der Waals surface area contributed by atoms with Gasteiger partial charge in [0.25, 0.3) is 0 Å². The van der Waals surface area contributed by atoms with Gasteiger partial charge in [-0.3, -0.25) is 4.79 Å². The fourth-order valence-corrected chi connectivity index (χ4v) is 2.80. The smallest absolute Gasteiger partial charge is 0.222 e. The molecule has 0 atom stereocenters. The number of halogens is 2. The van der Waals surface area contributed by atoms with Gasteiger partial charge in [-0.25, -0.2) is 0 Å². The first-order valence-corrected chi connectivity index (χ1v) is 8.59. The van der Waals surface area contributed by atoms with E-state index in [0.29, 0.717) is 40.9 Å². The van der Waals surface area contributed by atoms with E-state index < -0.39 is 0 Å². The normalized spacial score (nSPS) is 10.4. The van der Waals surface area contributed by atoms with Gasteiger partial charge in [0.1, 0.15) is 0 Å². The maximum absolute atomic E-state index is 12.4. The third-order valence-corrected chi connectivity index (χ3v) is 4.64. The van der Waals surface area contributed by atoms with Crippen LogP contribution < -0.4 is 9.47 Å². The van der Waals surface area contributed by atoms with Crippen molar-refractivity contribution in [3.8, 4) is 11.5 Å². The van der Waals surface area contributed by atoms with Gasteiger partial charge in [-0.15, -0.1) is 0 Å². The molecule has 0 bridgehead atoms. The molecule has 6 heteroatoms. The van der Waals surface area contributed by atoms with Crippen molar-refractivity contribution < 1.29 is 14.3 Å². The molecule has 0 spiro atoms. The van der Waals surface area contributed by atoms with Crippen LogP contribution in [0.3, 0.4) is 0 Å². The van der Waals surface area contributed by atoms with Gasteiger partial charge in [-0.05, 0) is 41.8 Å². The Hall–Kier alpha value is -1.91. The second kappa shape index (κ2) is 8.97. The lowest BCUT2D eigenvalue weighted by Crippen LogP contribution is -2.26. The standard InChI is InChI=1S/C19H21Cl2NO3/c1-22(12-14-5-8-17(24-2)18(11-14)25-3)19(23)9-6-13-4-7-15(20)16(21)10-13/h4-5,7-8,10-11H,6,9,12H2,1-3H3. The molecule has 1 amide bonds. The number of carbonyl (C=O) groups is 1. The lowest BCUT2D eigenvalue weighted by Gasteiger charge is -2.18. The number of amides is 1. The second-order valence-electron chi connectivity index (χ2n) is 5.69. The van der Waals surface area contributed by atoms with Crippen LogP contribution in [0.4, 0.5) is 0 Å². The number of benzene rings is 2. The Morgan fingerprint density at radius 3 is 2.28 bits per heavy atom. The van der Waals surface area contributed by atoms with Gasteiger partial charge in [0, 0.05) is 20.0 Å². The summed E-state index contributed by atoms with van der Waals surface area (Å²) in [7, 11) is 4.97. The van der Waals surface area contributed by atoms with Crippen molar-refractivity contribution in [1.29, 1.82) is 0 Å². The van der Waals surface area contributed by atoms with Crippen LogP contribution in [0.15, 0.2) is 36.4 Å². The average Bonchev–Trinajstić information content (AvgIpc) is 2.62. The molecule has 4 nitrogen and oxygen atoms in total. The third-order valence-electron chi connectivity index (χ3n) is 3.91. The monoisotopic (exact) mass is 381 g/mol. The van der Waals surface area contributed by atoms with E-state index in [0.717, 1.165) is 11.1 Å². The molecule has 0 heterocycles. The lowest BCUT2D eigenvalue weighted by molar-refractivity contribution is -0.130. The second-order valence-corrected chi connectivity index (χ2v) is 6.50. The van der Waals surface area contributed by atoms with Crippen LogP contribution in [-0.2, 0) is 17.8 Å². The van der Waals surface area contributed by atoms with Gasteiger partial charge in [0.2, 0.25) is 5.91 Å². The topological polar surface area (TPSA) is 38.8 Å². The summed E-state index contributed by atoms with van der Waals surface area (Å²) in [5, 5.41) is 1.02. The molecule has 134 valence electrons. The first kappa shape index (κ1) is 19.4. The number of aryl methyl sites for hydroxylation is 1. The molecule has 0 saturated heterocycles. The van der Waals surface area contributed by atoms with Crippen LogP contribution >= 0.6 is 23.2 Å². The number of nitrogens with zero attached hydrogens (tertiary/aromatic N) is 1. The Morgan fingerprint density at radius 2 is 1.64 bits per heavy atom. The van der Waals surface area contributed by atoms with Gasteiger partial charge in [0.05, 0.1) is 24.3 Å². The van der Waals surface area contributed by atoms with Crippen molar-refractivity contribution in [2.24, 2.45) is 0 Å². The highest BCUT2D eigenvalue weighted by Crippen LogP contribution is 2.28. The highest BCUT2D eigenvalue weighted by atomic mass is 35.5. The molecule has 0 unspecified atom stereocenters. The summed E-state index contributed by atoms with van der Waals surface area (Å²) in [6.45, 7) is 0.501. The van der Waals surface area contributed by atoms with Crippen molar-refractivity contribution >= 4 is 29.1 Å². The minimum absolute atomic E-state index is 0.0563. The van der Waals surface area contributed by atoms with Gasteiger partial charge < -0.3 is 14.4 Å². The summed E-state index contributed by atoms with van der Waals surface area (Å²) in [5.74, 6) is 1.37. The molecule has 0 aliphatic carbocycles. The zero-order valence-corrected chi connectivity index (χ0v) is 16.0. The van der Waals surface area contributed by atoms with Crippen LogP contribution in [-0.4, -0.2) is 32.1 Å². The summed E-state index contributed by atoms with van der Waals surface area (Å²) in [5.41, 5.74) is 1.96. The van der Waals surface area contributed by atoms with Crippen LogP contribution in [0.2, 0.25) is 10.0 Å². The van der Waals surface area contributed by atoms with Gasteiger partial charge >= 0.3 is 0 Å². The molecule has 0 aromatic heterocycles. The minimum atomic E-state index is 0.0563. The fraction of sp³-hybridized carbons (Fsp3) is 0.316. The minimum Gasteiger partial charge on any atom is -0.493 e. The molecular weight excluding hydrogens is 361 g/mol. The van der Waals surface area contributed by atoms with Crippen molar-refractivity contribution in [1.82, 2.24) is 4.90 Å². The van der Waals surface area contributed by atoms with E-state index in [1.807, 2.05) is 24.3 Å². The molecule has 2 rings (SSSR count). The lowest BCUT2D eigenvalue weighted by atomic mass is 10.1. The number of methoxy groups -OCH3 is 2. The van der Waals surface area contributed by atoms with Gasteiger partial charge in [0.15, 0.2) is 11.5 Å². The van der Waals surface area contributed by atoms with Crippen molar-refractivity contribution in [3.63, 3.8) is 0 Å². The fourth-order valence-electron chi connectivity index (χ4n) is 2.48. The summed E-state index contributed by atoms with van der Waals surface area (Å²) >= 11 is 11.9. The zero-order valence-electron chi connectivity index (χ0n) is 14.5. The molecule has 2 aromatic carbocycles. The SMILES string of the molecule is COc1ccc(CN(C)C(=O)CCc2ccc(Cl)c(Cl)c2)cc1OC. The van der Waals surface area contributed by atoms with Gasteiger partial charge in [-0.1, -0.05) is 35.3 Å². The van der Waals surface area contributed by atoms with Crippen LogP contribution in [0.1, 0.15) is 17.5 Å². The molecule has 2 aromatic rings. The third kappa shape index (κ3) is 5.28. The van der Waals surface area contributed by atoms with Crippen molar-refractivity contribution in [2.45, 2.75) is 19.4 Å². The predicted octanol–water partition coefficient (Wildman–Crippen LogP) is 4.60. The van der Waals surface area contributed by atoms with E-state index in [-0.39, 0.29) is 5.91 Å². The van der Waals surface area contributed by atoms with Crippen molar-refractivity contribution in [3.05, 3.63) is 57.6 Å². The molecule has 0 fully saturated rings. The number of hydrogen-bond donors (Lipinski definition) is 0. The highest BCUT2D eigenvalue weighted by molar-refractivity contribution is 6.42. The quantitative estimate of drug-likeness (QED) is 0.703. The molecule has 0 aliphatic rings. The summed E-state index contributed by atoms with van der Waals surface area (Å²) in [6, 6.07) is 11.1. The molecule has 0 aliphatic heterocycles. The number of rotatable bonds is 7. The summed E-state index contributed by atoms with van der Waals surface area (Å²) < 4.78 is 10.5. The van der Waals surface area contributed by atoms with E-state index in [9.17, 15) is 4.79 Å². The summed E-state index contributed by atoms with van der Waals surface area (Å²) in [6.07, 6.45) is 1.02.